The highest BCUT2D eigenvalue weighted by Crippen LogP contribution is 2.20. The van der Waals surface area contributed by atoms with Crippen LogP contribution >= 0.6 is 0 Å². The lowest BCUT2D eigenvalue weighted by Gasteiger charge is -1.96. The highest BCUT2D eigenvalue weighted by atomic mass is 27.0. The van der Waals surface area contributed by atoms with Crippen molar-refractivity contribution in [2.75, 3.05) is 0 Å². The third-order valence-corrected chi connectivity index (χ3v) is 1.61. The molecule has 2 aromatic rings. The highest BCUT2D eigenvalue weighted by molar-refractivity contribution is 5.83. The minimum absolute atomic E-state index is 0. The maximum absolute atomic E-state index is 9.31. The van der Waals surface area contributed by atoms with E-state index in [1.165, 1.54) is 0 Å². The minimum atomic E-state index is 0. The molecule has 1 aromatic heterocycles. The van der Waals surface area contributed by atoms with E-state index in [9.17, 15) is 5.11 Å². The Balaban J connectivity index is 0.000000720. The number of nitrogens with zero attached hydrogens (tertiary/aromatic N) is 1. The fourth-order valence-corrected chi connectivity index (χ4v) is 1.09. The minimum Gasteiger partial charge on any atom is -0.506 e. The maximum Gasteiger partial charge on any atom is 0.141 e. The first kappa shape index (κ1) is 9.05. The molecule has 0 atom stereocenters. The largest absolute Gasteiger partial charge is 0.506 e. The van der Waals surface area contributed by atoms with Gasteiger partial charge < -0.3 is 5.11 Å². The van der Waals surface area contributed by atoms with Gasteiger partial charge in [0.1, 0.15) is 11.3 Å². The van der Waals surface area contributed by atoms with Gasteiger partial charge in [0.15, 0.2) is 0 Å². The molecule has 12 heavy (non-hydrogen) atoms. The molecule has 1 aromatic carbocycles. The van der Waals surface area contributed by atoms with Crippen LogP contribution in [-0.2, 0) is 0 Å². The van der Waals surface area contributed by atoms with Crippen molar-refractivity contribution in [2.45, 2.75) is 0 Å². The van der Waals surface area contributed by atoms with Crippen molar-refractivity contribution < 1.29 is 5.11 Å². The number of para-hydroxylation sites is 1. The Morgan fingerprint density at radius 1 is 1.08 bits per heavy atom. The standard InChI is InChI=1S/C9H7NO.Al/c11-8-5-1-3-7-4-2-6-10-9(7)8;/h1-6,11H;. The van der Waals surface area contributed by atoms with E-state index in [1.54, 1.807) is 18.3 Å². The van der Waals surface area contributed by atoms with E-state index in [2.05, 4.69) is 4.98 Å². The van der Waals surface area contributed by atoms with Crippen LogP contribution in [0.5, 0.6) is 5.75 Å². The molecule has 0 amide bonds. The summed E-state index contributed by atoms with van der Waals surface area (Å²) >= 11 is 0. The van der Waals surface area contributed by atoms with Crippen LogP contribution in [0.1, 0.15) is 0 Å². The van der Waals surface area contributed by atoms with Gasteiger partial charge in [-0.1, -0.05) is 18.2 Å². The van der Waals surface area contributed by atoms with E-state index < -0.39 is 0 Å². The SMILES string of the molecule is Oc1cccc2cccnc12.[Al]. The zero-order chi connectivity index (χ0) is 7.68. The summed E-state index contributed by atoms with van der Waals surface area (Å²) < 4.78 is 0. The summed E-state index contributed by atoms with van der Waals surface area (Å²) in [4.78, 5) is 4.03. The van der Waals surface area contributed by atoms with Gasteiger partial charge in [0.2, 0.25) is 0 Å². The Morgan fingerprint density at radius 2 is 1.83 bits per heavy atom. The van der Waals surface area contributed by atoms with Gasteiger partial charge in [0, 0.05) is 28.9 Å². The summed E-state index contributed by atoms with van der Waals surface area (Å²) in [6.45, 7) is 0. The number of benzene rings is 1. The van der Waals surface area contributed by atoms with Crippen molar-refractivity contribution in [2.24, 2.45) is 0 Å². The van der Waals surface area contributed by atoms with E-state index in [1.807, 2.05) is 18.2 Å². The second-order valence-electron chi connectivity index (χ2n) is 2.35. The lowest BCUT2D eigenvalue weighted by Crippen LogP contribution is -1.76. The first-order chi connectivity index (χ1) is 5.38. The van der Waals surface area contributed by atoms with Crippen LogP contribution in [0.4, 0.5) is 0 Å². The highest BCUT2D eigenvalue weighted by Gasteiger charge is 1.96. The van der Waals surface area contributed by atoms with Gasteiger partial charge in [0.25, 0.3) is 0 Å². The molecular formula is C9H7AlNO. The molecule has 0 fully saturated rings. The van der Waals surface area contributed by atoms with Crippen LogP contribution in [0.2, 0.25) is 0 Å². The average molecular weight is 172 g/mol. The van der Waals surface area contributed by atoms with E-state index in [0.29, 0.717) is 5.52 Å². The molecule has 2 rings (SSSR count). The smallest absolute Gasteiger partial charge is 0.141 e. The Labute approximate surface area is 81.0 Å². The lowest BCUT2D eigenvalue weighted by atomic mass is 10.2. The molecule has 2 nitrogen and oxygen atoms in total. The number of hydrogen-bond donors (Lipinski definition) is 1. The van der Waals surface area contributed by atoms with Crippen LogP contribution in [0.3, 0.4) is 0 Å². The first-order valence-corrected chi connectivity index (χ1v) is 3.40. The maximum atomic E-state index is 9.31. The molecule has 0 aliphatic carbocycles. The number of phenols is 1. The van der Waals surface area contributed by atoms with Gasteiger partial charge in [-0.25, -0.2) is 0 Å². The monoisotopic (exact) mass is 172 g/mol. The molecule has 0 saturated carbocycles. The first-order valence-electron chi connectivity index (χ1n) is 3.40. The summed E-state index contributed by atoms with van der Waals surface area (Å²) in [5, 5.41) is 10.3. The van der Waals surface area contributed by atoms with Crippen LogP contribution in [-0.4, -0.2) is 27.5 Å². The Kier molecular flexibility index (Phi) is 2.70. The van der Waals surface area contributed by atoms with Crippen molar-refractivity contribution in [3.8, 4) is 5.75 Å². The second-order valence-corrected chi connectivity index (χ2v) is 2.35. The van der Waals surface area contributed by atoms with Crippen LogP contribution < -0.4 is 0 Å². The van der Waals surface area contributed by atoms with Crippen LogP contribution in [0, 0.1) is 0 Å². The normalized spacial score (nSPS) is 9.33. The number of aromatic nitrogens is 1. The third kappa shape index (κ3) is 1.43. The van der Waals surface area contributed by atoms with Crippen molar-refractivity contribution in [1.82, 2.24) is 4.98 Å². The molecule has 3 heteroatoms. The number of hydrogen-bond acceptors (Lipinski definition) is 2. The van der Waals surface area contributed by atoms with Crippen molar-refractivity contribution in [3.05, 3.63) is 36.5 Å². The predicted molar refractivity (Wildman–Crippen MR) is 49.2 cm³/mol. The van der Waals surface area contributed by atoms with Crippen molar-refractivity contribution in [1.29, 1.82) is 0 Å². The number of pyridine rings is 1. The van der Waals surface area contributed by atoms with Gasteiger partial charge >= 0.3 is 0 Å². The van der Waals surface area contributed by atoms with Gasteiger partial charge in [-0.2, -0.15) is 0 Å². The summed E-state index contributed by atoms with van der Waals surface area (Å²) in [6.07, 6.45) is 1.67. The zero-order valence-corrected chi connectivity index (χ0v) is 7.59. The summed E-state index contributed by atoms with van der Waals surface area (Å²) in [6, 6.07) is 9.13. The van der Waals surface area contributed by atoms with Gasteiger partial charge in [-0.15, -0.1) is 0 Å². The van der Waals surface area contributed by atoms with Gasteiger partial charge in [-0.3, -0.25) is 4.98 Å². The van der Waals surface area contributed by atoms with E-state index >= 15 is 0 Å². The van der Waals surface area contributed by atoms with E-state index in [-0.39, 0.29) is 23.1 Å². The number of aromatic hydroxyl groups is 1. The quantitative estimate of drug-likeness (QED) is 0.611. The van der Waals surface area contributed by atoms with Crippen molar-refractivity contribution in [3.63, 3.8) is 0 Å². The molecule has 0 saturated heterocycles. The number of phenolic OH excluding ortho intramolecular Hbond substituents is 1. The molecule has 3 radical (unpaired) electrons. The second kappa shape index (κ2) is 3.57. The molecule has 1 heterocycles. The third-order valence-electron chi connectivity index (χ3n) is 1.61. The topological polar surface area (TPSA) is 33.1 Å². The molecular weight excluding hydrogens is 165 g/mol. The van der Waals surface area contributed by atoms with E-state index in [4.69, 9.17) is 0 Å². The molecule has 57 valence electrons. The van der Waals surface area contributed by atoms with E-state index in [0.717, 1.165) is 5.39 Å². The zero-order valence-electron chi connectivity index (χ0n) is 6.44. The Hall–Kier alpha value is -1.04. The van der Waals surface area contributed by atoms with Crippen molar-refractivity contribution >= 4 is 28.3 Å². The Bertz CT molecular complexity index is 384. The molecule has 1 N–H and O–H groups in total. The van der Waals surface area contributed by atoms with Crippen LogP contribution in [0.25, 0.3) is 10.9 Å². The lowest BCUT2D eigenvalue weighted by molar-refractivity contribution is 0.480. The fraction of sp³-hybridized carbons (Fsp3) is 0. The molecule has 0 unspecified atom stereocenters. The summed E-state index contributed by atoms with van der Waals surface area (Å²) in [7, 11) is 0. The van der Waals surface area contributed by atoms with Gasteiger partial charge in [-0.05, 0) is 12.1 Å². The van der Waals surface area contributed by atoms with Crippen LogP contribution in [0.15, 0.2) is 36.5 Å². The molecule has 0 spiro atoms. The summed E-state index contributed by atoms with van der Waals surface area (Å²) in [5.74, 6) is 0.239. The van der Waals surface area contributed by atoms with Gasteiger partial charge in [0.05, 0.1) is 0 Å². The predicted octanol–water partition coefficient (Wildman–Crippen LogP) is 1.56. The number of fused-ring (bicyclic) bond motifs is 1. The molecule has 0 aliphatic rings. The molecule has 0 aliphatic heterocycles. The fourth-order valence-electron chi connectivity index (χ4n) is 1.09. The Morgan fingerprint density at radius 3 is 2.58 bits per heavy atom. The summed E-state index contributed by atoms with van der Waals surface area (Å²) in [5.41, 5.74) is 0.662. The molecule has 0 bridgehead atoms. The average Bonchev–Trinajstić information content (AvgIpc) is 2.06. The number of rotatable bonds is 0.